The number of pyridine rings is 1. The van der Waals surface area contributed by atoms with Gasteiger partial charge >= 0.3 is 0 Å². The lowest BCUT2D eigenvalue weighted by molar-refractivity contribution is 0.0917. The number of carbonyl (C=O) groups is 1. The third-order valence-corrected chi connectivity index (χ3v) is 4.26. The maximum Gasteiger partial charge on any atom is 0.258 e. The van der Waals surface area contributed by atoms with Crippen LogP contribution in [0.25, 0.3) is 0 Å². The van der Waals surface area contributed by atoms with Gasteiger partial charge in [-0.05, 0) is 43.2 Å². The molecule has 0 N–H and O–H groups in total. The Morgan fingerprint density at radius 3 is 2.60 bits per heavy atom. The Bertz CT molecular complexity index is 715. The van der Waals surface area contributed by atoms with E-state index in [1.807, 2.05) is 12.1 Å². The lowest BCUT2D eigenvalue weighted by Gasteiger charge is -2.26. The van der Waals surface area contributed by atoms with Gasteiger partial charge in [-0.1, -0.05) is 0 Å². The van der Waals surface area contributed by atoms with Gasteiger partial charge in [0, 0.05) is 30.3 Å². The molecule has 0 saturated carbocycles. The normalized spacial score (nSPS) is 16.5. The second-order valence-corrected chi connectivity index (χ2v) is 5.83. The van der Waals surface area contributed by atoms with Crippen LogP contribution in [-0.4, -0.2) is 44.4 Å². The lowest BCUT2D eigenvalue weighted by Crippen LogP contribution is -2.37. The molecule has 0 radical (unpaired) electrons. The lowest BCUT2D eigenvalue weighted by atomic mass is 10.1. The first-order chi connectivity index (χ1) is 12.2. The second kappa shape index (κ2) is 7.98. The molecule has 2 aromatic rings. The minimum atomic E-state index is -0.109. The summed E-state index contributed by atoms with van der Waals surface area (Å²) in [6.45, 7) is 1.26. The number of hydrogen-bond donors (Lipinski definition) is 0. The van der Waals surface area contributed by atoms with Gasteiger partial charge in [-0.3, -0.25) is 9.78 Å². The van der Waals surface area contributed by atoms with E-state index >= 15 is 0 Å². The Hall–Kier alpha value is -2.60. The van der Waals surface area contributed by atoms with E-state index < -0.39 is 0 Å². The van der Waals surface area contributed by atoms with Crippen LogP contribution in [0, 0.1) is 0 Å². The molecule has 2 heterocycles. The first-order valence-electron chi connectivity index (χ1n) is 8.28. The quantitative estimate of drug-likeness (QED) is 0.808. The summed E-state index contributed by atoms with van der Waals surface area (Å²) >= 11 is 0. The average Bonchev–Trinajstić information content (AvgIpc) is 3.19. The van der Waals surface area contributed by atoms with Gasteiger partial charge in [-0.15, -0.1) is 0 Å². The van der Waals surface area contributed by atoms with Gasteiger partial charge in [-0.25, -0.2) is 0 Å². The van der Waals surface area contributed by atoms with Crippen LogP contribution < -0.4 is 14.4 Å². The fourth-order valence-corrected chi connectivity index (χ4v) is 2.95. The summed E-state index contributed by atoms with van der Waals surface area (Å²) in [7, 11) is 3.12. The van der Waals surface area contributed by atoms with Crippen molar-refractivity contribution in [3.8, 4) is 11.5 Å². The third-order valence-electron chi connectivity index (χ3n) is 4.26. The molecule has 132 valence electrons. The number of anilines is 1. The Morgan fingerprint density at radius 1 is 1.20 bits per heavy atom. The number of benzene rings is 1. The smallest absolute Gasteiger partial charge is 0.258 e. The molecule has 3 rings (SSSR count). The monoisotopic (exact) mass is 342 g/mol. The van der Waals surface area contributed by atoms with E-state index in [0.717, 1.165) is 25.1 Å². The highest BCUT2D eigenvalue weighted by Gasteiger charge is 2.25. The summed E-state index contributed by atoms with van der Waals surface area (Å²) in [6, 6.07) is 8.84. The zero-order valence-corrected chi connectivity index (χ0v) is 14.5. The molecule has 25 heavy (non-hydrogen) atoms. The number of ether oxygens (including phenoxy) is 3. The molecular weight excluding hydrogens is 320 g/mol. The summed E-state index contributed by atoms with van der Waals surface area (Å²) in [6.07, 6.45) is 5.40. The molecule has 1 atom stereocenters. The summed E-state index contributed by atoms with van der Waals surface area (Å²) in [4.78, 5) is 18.9. The fourth-order valence-electron chi connectivity index (χ4n) is 2.95. The molecule has 1 saturated heterocycles. The Balaban J connectivity index is 1.90. The van der Waals surface area contributed by atoms with Gasteiger partial charge in [0.25, 0.3) is 5.91 Å². The first-order valence-corrected chi connectivity index (χ1v) is 8.28. The predicted molar refractivity (Wildman–Crippen MR) is 94.4 cm³/mol. The predicted octanol–water partition coefficient (Wildman–Crippen LogP) is 2.92. The minimum Gasteiger partial charge on any atom is -0.493 e. The van der Waals surface area contributed by atoms with Gasteiger partial charge in [-0.2, -0.15) is 0 Å². The van der Waals surface area contributed by atoms with Crippen molar-refractivity contribution in [2.75, 3.05) is 32.3 Å². The maximum absolute atomic E-state index is 13.2. The van der Waals surface area contributed by atoms with Gasteiger partial charge in [0.2, 0.25) is 0 Å². The molecule has 0 spiro atoms. The van der Waals surface area contributed by atoms with Gasteiger partial charge in [0.15, 0.2) is 11.5 Å². The Kier molecular flexibility index (Phi) is 5.50. The molecular formula is C19H22N2O4. The number of methoxy groups -OCH3 is 2. The van der Waals surface area contributed by atoms with Crippen molar-refractivity contribution >= 4 is 11.6 Å². The summed E-state index contributed by atoms with van der Waals surface area (Å²) < 4.78 is 16.3. The highest BCUT2D eigenvalue weighted by molar-refractivity contribution is 6.06. The summed E-state index contributed by atoms with van der Waals surface area (Å²) in [5.74, 6) is 1.01. The van der Waals surface area contributed by atoms with Crippen molar-refractivity contribution in [1.82, 2.24) is 4.98 Å². The molecule has 1 aromatic carbocycles. The van der Waals surface area contributed by atoms with Crippen LogP contribution in [0.3, 0.4) is 0 Å². The van der Waals surface area contributed by atoms with Crippen molar-refractivity contribution < 1.29 is 19.0 Å². The highest BCUT2D eigenvalue weighted by Crippen LogP contribution is 2.29. The molecule has 1 amide bonds. The molecule has 1 fully saturated rings. The van der Waals surface area contributed by atoms with E-state index in [0.29, 0.717) is 23.6 Å². The Labute approximate surface area is 147 Å². The van der Waals surface area contributed by atoms with Crippen LogP contribution in [0.4, 0.5) is 5.69 Å². The third kappa shape index (κ3) is 3.91. The van der Waals surface area contributed by atoms with Crippen molar-refractivity contribution in [2.24, 2.45) is 0 Å². The molecule has 1 aromatic heterocycles. The number of aromatic nitrogens is 1. The van der Waals surface area contributed by atoms with E-state index in [2.05, 4.69) is 4.98 Å². The first kappa shape index (κ1) is 17.2. The molecule has 6 nitrogen and oxygen atoms in total. The van der Waals surface area contributed by atoms with Crippen molar-refractivity contribution in [3.63, 3.8) is 0 Å². The SMILES string of the molecule is COc1ccc(C(=O)N(CC2CCCO2)c2ccncc2)cc1OC. The molecule has 1 unspecified atom stereocenters. The zero-order chi connectivity index (χ0) is 17.6. The van der Waals surface area contributed by atoms with Crippen LogP contribution in [0.2, 0.25) is 0 Å². The molecule has 0 bridgehead atoms. The number of hydrogen-bond acceptors (Lipinski definition) is 5. The van der Waals surface area contributed by atoms with E-state index in [-0.39, 0.29) is 12.0 Å². The Morgan fingerprint density at radius 2 is 1.96 bits per heavy atom. The van der Waals surface area contributed by atoms with Crippen LogP contribution in [-0.2, 0) is 4.74 Å². The molecule has 1 aliphatic rings. The van der Waals surface area contributed by atoms with Crippen LogP contribution in [0.1, 0.15) is 23.2 Å². The van der Waals surface area contributed by atoms with Crippen LogP contribution in [0.15, 0.2) is 42.7 Å². The largest absolute Gasteiger partial charge is 0.493 e. The number of rotatable bonds is 6. The minimum absolute atomic E-state index is 0.0530. The van der Waals surface area contributed by atoms with Gasteiger partial charge in [0.1, 0.15) is 0 Å². The highest BCUT2D eigenvalue weighted by atomic mass is 16.5. The zero-order valence-electron chi connectivity index (χ0n) is 14.5. The van der Waals surface area contributed by atoms with Crippen LogP contribution in [0.5, 0.6) is 11.5 Å². The van der Waals surface area contributed by atoms with Crippen LogP contribution >= 0.6 is 0 Å². The number of amides is 1. The van der Waals surface area contributed by atoms with Crippen molar-refractivity contribution in [1.29, 1.82) is 0 Å². The molecule has 6 heteroatoms. The standard InChI is InChI=1S/C19H22N2O4/c1-23-17-6-5-14(12-18(17)24-2)19(22)21(13-16-4-3-11-25-16)15-7-9-20-10-8-15/h5-10,12,16H,3-4,11,13H2,1-2H3. The van der Waals surface area contributed by atoms with Crippen molar-refractivity contribution in [3.05, 3.63) is 48.3 Å². The molecule has 1 aliphatic heterocycles. The van der Waals surface area contributed by atoms with Gasteiger partial charge < -0.3 is 19.1 Å². The average molecular weight is 342 g/mol. The summed E-state index contributed by atoms with van der Waals surface area (Å²) in [5, 5.41) is 0. The summed E-state index contributed by atoms with van der Waals surface area (Å²) in [5.41, 5.74) is 1.33. The topological polar surface area (TPSA) is 60.9 Å². The second-order valence-electron chi connectivity index (χ2n) is 5.83. The van der Waals surface area contributed by atoms with Gasteiger partial charge in [0.05, 0.1) is 26.9 Å². The van der Waals surface area contributed by atoms with Crippen molar-refractivity contribution in [2.45, 2.75) is 18.9 Å². The maximum atomic E-state index is 13.2. The fraction of sp³-hybridized carbons (Fsp3) is 0.368. The number of nitrogens with zero attached hydrogens (tertiary/aromatic N) is 2. The number of carbonyl (C=O) groups excluding carboxylic acids is 1. The van der Waals surface area contributed by atoms with E-state index in [4.69, 9.17) is 14.2 Å². The van der Waals surface area contributed by atoms with E-state index in [1.54, 1.807) is 49.7 Å². The molecule has 0 aliphatic carbocycles. The van der Waals surface area contributed by atoms with E-state index in [9.17, 15) is 4.79 Å². The van der Waals surface area contributed by atoms with E-state index in [1.165, 1.54) is 0 Å².